The van der Waals surface area contributed by atoms with Gasteiger partial charge in [0.05, 0.1) is 13.2 Å². The highest BCUT2D eigenvalue weighted by atomic mass is 35.5. The minimum Gasteiger partial charge on any atom is -0.462 e. The molecule has 2 aromatic rings. The number of esters is 2. The van der Waals surface area contributed by atoms with Gasteiger partial charge in [-0.1, -0.05) is 23.7 Å². The van der Waals surface area contributed by atoms with Crippen molar-refractivity contribution in [1.82, 2.24) is 0 Å². The van der Waals surface area contributed by atoms with Crippen molar-refractivity contribution >= 4 is 41.4 Å². The molecule has 0 radical (unpaired) electrons. The van der Waals surface area contributed by atoms with E-state index in [0.29, 0.717) is 5.02 Å². The molecule has 0 unspecified atom stereocenters. The lowest BCUT2D eigenvalue weighted by atomic mass is 10.1. The topological polar surface area (TPSA) is 94.8 Å². The molecule has 1 N–H and O–H groups in total. The number of carbonyl (C=O) groups excluding carboxylic acids is 3. The summed E-state index contributed by atoms with van der Waals surface area (Å²) in [6.45, 7) is 4.98. The minimum atomic E-state index is -0.792. The van der Waals surface area contributed by atoms with E-state index in [-0.39, 0.29) is 36.0 Å². The van der Waals surface area contributed by atoms with Crippen LogP contribution in [0.15, 0.2) is 34.8 Å². The van der Waals surface area contributed by atoms with Crippen molar-refractivity contribution in [3.63, 3.8) is 0 Å². The van der Waals surface area contributed by atoms with Crippen LogP contribution in [0.4, 0.5) is 5.88 Å². The molecule has 1 heterocycles. The van der Waals surface area contributed by atoms with Gasteiger partial charge in [0.2, 0.25) is 5.88 Å². The van der Waals surface area contributed by atoms with Gasteiger partial charge in [-0.15, -0.1) is 0 Å². The molecule has 0 saturated carbocycles. The molecule has 0 fully saturated rings. The lowest BCUT2D eigenvalue weighted by Crippen LogP contribution is -2.16. The average molecular weight is 406 g/mol. The first-order valence-electron chi connectivity index (χ1n) is 8.59. The number of ether oxygens (including phenoxy) is 2. The van der Waals surface area contributed by atoms with Crippen molar-refractivity contribution < 1.29 is 28.3 Å². The van der Waals surface area contributed by atoms with Crippen LogP contribution in [-0.4, -0.2) is 31.1 Å². The second-order valence-electron chi connectivity index (χ2n) is 5.55. The summed E-state index contributed by atoms with van der Waals surface area (Å²) < 4.78 is 15.4. The van der Waals surface area contributed by atoms with Crippen LogP contribution in [0.5, 0.6) is 0 Å². The molecule has 1 aromatic carbocycles. The number of nitrogens with one attached hydrogen (secondary N) is 1. The summed E-state index contributed by atoms with van der Waals surface area (Å²) >= 11 is 5.82. The maximum Gasteiger partial charge on any atom is 0.344 e. The highest BCUT2D eigenvalue weighted by Crippen LogP contribution is 2.29. The van der Waals surface area contributed by atoms with Crippen molar-refractivity contribution in [3.05, 3.63) is 57.8 Å². The Labute approximate surface area is 167 Å². The molecule has 0 saturated heterocycles. The summed E-state index contributed by atoms with van der Waals surface area (Å²) in [5.74, 6) is -2.11. The fourth-order valence-electron chi connectivity index (χ4n) is 2.38. The van der Waals surface area contributed by atoms with E-state index in [1.54, 1.807) is 44.2 Å². The number of carbonyl (C=O) groups is 3. The standard InChI is InChI=1S/C20H20ClNO6/c1-4-26-19(24)16-12(3)28-18(17(16)20(25)27-5-2)22-15(23)11-8-13-6-9-14(21)10-7-13/h6-11H,4-5H2,1-3H3,(H,22,23)/b11-8+. The highest BCUT2D eigenvalue weighted by molar-refractivity contribution is 6.30. The van der Waals surface area contributed by atoms with Crippen LogP contribution in [0.25, 0.3) is 6.08 Å². The summed E-state index contributed by atoms with van der Waals surface area (Å²) in [7, 11) is 0. The SMILES string of the molecule is CCOC(=O)c1c(C)oc(NC(=O)/C=C/c2ccc(Cl)cc2)c1C(=O)OCC. The van der Waals surface area contributed by atoms with Gasteiger partial charge in [-0.05, 0) is 44.5 Å². The van der Waals surface area contributed by atoms with Gasteiger partial charge in [-0.2, -0.15) is 0 Å². The lowest BCUT2D eigenvalue weighted by Gasteiger charge is -2.06. The molecule has 7 nitrogen and oxygen atoms in total. The summed E-state index contributed by atoms with van der Waals surface area (Å²) in [5.41, 5.74) is 0.510. The molecular formula is C20H20ClNO6. The molecule has 148 valence electrons. The number of aryl methyl sites for hydroxylation is 1. The van der Waals surface area contributed by atoms with Crippen LogP contribution < -0.4 is 5.32 Å². The number of amides is 1. The maximum atomic E-state index is 12.3. The van der Waals surface area contributed by atoms with Gasteiger partial charge in [0.25, 0.3) is 5.91 Å². The summed E-state index contributed by atoms with van der Waals surface area (Å²) in [6, 6.07) is 6.87. The number of rotatable bonds is 7. The molecule has 0 aliphatic carbocycles. The van der Waals surface area contributed by atoms with E-state index < -0.39 is 17.8 Å². The third-order valence-corrected chi connectivity index (χ3v) is 3.83. The van der Waals surface area contributed by atoms with Gasteiger partial charge >= 0.3 is 11.9 Å². The number of halogens is 1. The van der Waals surface area contributed by atoms with Gasteiger partial charge < -0.3 is 13.9 Å². The average Bonchev–Trinajstić information content (AvgIpc) is 2.97. The maximum absolute atomic E-state index is 12.3. The number of hydrogen-bond donors (Lipinski definition) is 1. The van der Waals surface area contributed by atoms with Crippen molar-refractivity contribution in [2.75, 3.05) is 18.5 Å². The number of benzene rings is 1. The zero-order chi connectivity index (χ0) is 20.7. The van der Waals surface area contributed by atoms with E-state index in [9.17, 15) is 14.4 Å². The van der Waals surface area contributed by atoms with Crippen LogP contribution in [0.3, 0.4) is 0 Å². The fourth-order valence-corrected chi connectivity index (χ4v) is 2.51. The summed E-state index contributed by atoms with van der Waals surface area (Å²) in [6.07, 6.45) is 2.83. The van der Waals surface area contributed by atoms with Crippen molar-refractivity contribution in [1.29, 1.82) is 0 Å². The Balaban J connectivity index is 2.29. The zero-order valence-corrected chi connectivity index (χ0v) is 16.5. The van der Waals surface area contributed by atoms with Gasteiger partial charge in [0.15, 0.2) is 0 Å². The van der Waals surface area contributed by atoms with Crippen molar-refractivity contribution in [2.45, 2.75) is 20.8 Å². The molecule has 1 aromatic heterocycles. The van der Waals surface area contributed by atoms with Crippen LogP contribution in [0, 0.1) is 6.92 Å². The summed E-state index contributed by atoms with van der Waals surface area (Å²) in [4.78, 5) is 36.8. The van der Waals surface area contributed by atoms with Gasteiger partial charge in [-0.25, -0.2) is 9.59 Å². The lowest BCUT2D eigenvalue weighted by molar-refractivity contribution is -0.111. The zero-order valence-electron chi connectivity index (χ0n) is 15.7. The van der Waals surface area contributed by atoms with E-state index in [4.69, 9.17) is 25.5 Å². The third-order valence-electron chi connectivity index (χ3n) is 3.58. The highest BCUT2D eigenvalue weighted by Gasteiger charge is 2.31. The quantitative estimate of drug-likeness (QED) is 0.546. The van der Waals surface area contributed by atoms with Crippen LogP contribution >= 0.6 is 11.6 Å². The minimum absolute atomic E-state index is 0.0720. The molecule has 28 heavy (non-hydrogen) atoms. The van der Waals surface area contributed by atoms with E-state index in [2.05, 4.69) is 5.32 Å². The Bertz CT molecular complexity index is 898. The molecule has 2 rings (SSSR count). The predicted octanol–water partition coefficient (Wildman–Crippen LogP) is 4.25. The molecule has 8 heteroatoms. The molecule has 0 spiro atoms. The van der Waals surface area contributed by atoms with E-state index >= 15 is 0 Å². The van der Waals surface area contributed by atoms with E-state index in [0.717, 1.165) is 5.56 Å². The van der Waals surface area contributed by atoms with Crippen molar-refractivity contribution in [2.24, 2.45) is 0 Å². The van der Waals surface area contributed by atoms with Crippen LogP contribution in [0.1, 0.15) is 45.9 Å². The molecule has 0 aliphatic heterocycles. The van der Waals surface area contributed by atoms with E-state index in [1.807, 2.05) is 0 Å². The second-order valence-corrected chi connectivity index (χ2v) is 5.99. The predicted molar refractivity (Wildman–Crippen MR) is 104 cm³/mol. The van der Waals surface area contributed by atoms with Gasteiger partial charge in [-0.3, -0.25) is 10.1 Å². The fraction of sp³-hybridized carbons (Fsp3) is 0.250. The van der Waals surface area contributed by atoms with Crippen LogP contribution in [-0.2, 0) is 14.3 Å². The number of anilines is 1. The Morgan fingerprint density at radius 1 is 1.04 bits per heavy atom. The Morgan fingerprint density at radius 3 is 2.18 bits per heavy atom. The number of furan rings is 1. The monoisotopic (exact) mass is 405 g/mol. The smallest absolute Gasteiger partial charge is 0.344 e. The molecule has 1 amide bonds. The Kier molecular flexibility index (Phi) is 7.40. The van der Waals surface area contributed by atoms with Crippen LogP contribution in [0.2, 0.25) is 5.02 Å². The van der Waals surface area contributed by atoms with E-state index in [1.165, 1.54) is 13.0 Å². The van der Waals surface area contributed by atoms with Gasteiger partial charge in [0, 0.05) is 11.1 Å². The molecular weight excluding hydrogens is 386 g/mol. The molecule has 0 atom stereocenters. The molecule has 0 aliphatic rings. The largest absolute Gasteiger partial charge is 0.462 e. The second kappa shape index (κ2) is 9.75. The number of hydrogen-bond acceptors (Lipinski definition) is 6. The normalized spacial score (nSPS) is 10.7. The summed E-state index contributed by atoms with van der Waals surface area (Å²) in [5, 5.41) is 3.04. The van der Waals surface area contributed by atoms with Crippen molar-refractivity contribution in [3.8, 4) is 0 Å². The molecule has 0 bridgehead atoms. The van der Waals surface area contributed by atoms with Gasteiger partial charge in [0.1, 0.15) is 16.9 Å². The first-order valence-corrected chi connectivity index (χ1v) is 8.97. The first-order chi connectivity index (χ1) is 13.4. The third kappa shape index (κ3) is 5.23. The Hall–Kier alpha value is -3.06. The Morgan fingerprint density at radius 2 is 1.61 bits per heavy atom. The first kappa shape index (κ1) is 21.2.